The molecular formula is C29H31NO. The van der Waals surface area contributed by atoms with Gasteiger partial charge in [0.2, 0.25) is 0 Å². The fourth-order valence-electron chi connectivity index (χ4n) is 5.85. The van der Waals surface area contributed by atoms with Gasteiger partial charge < -0.3 is 0 Å². The summed E-state index contributed by atoms with van der Waals surface area (Å²) in [6, 6.07) is 25.6. The number of carbonyl (C=O) groups is 1. The number of hydrogen-bond donors (Lipinski definition) is 0. The van der Waals surface area contributed by atoms with Gasteiger partial charge in [0.05, 0.1) is 5.41 Å². The molecule has 1 fully saturated rings. The van der Waals surface area contributed by atoms with E-state index in [2.05, 4.69) is 79.4 Å². The van der Waals surface area contributed by atoms with Crippen molar-refractivity contribution in [2.24, 2.45) is 5.92 Å². The predicted octanol–water partition coefficient (Wildman–Crippen LogP) is 5.89. The molecule has 3 aromatic rings. The molecule has 1 heterocycles. The molecule has 0 aromatic heterocycles. The fraction of sp³-hybridized carbons (Fsp3) is 0.345. The van der Waals surface area contributed by atoms with Gasteiger partial charge in [0.15, 0.2) is 5.78 Å². The zero-order chi connectivity index (χ0) is 21.4. The third-order valence-electron chi connectivity index (χ3n) is 7.61. The van der Waals surface area contributed by atoms with Gasteiger partial charge >= 0.3 is 0 Å². The van der Waals surface area contributed by atoms with Gasteiger partial charge in [-0.05, 0) is 74.4 Å². The van der Waals surface area contributed by atoms with E-state index in [1.807, 2.05) is 12.1 Å². The molecular weight excluding hydrogens is 378 g/mol. The summed E-state index contributed by atoms with van der Waals surface area (Å²) >= 11 is 0. The molecule has 1 aliphatic heterocycles. The minimum Gasteiger partial charge on any atom is -0.299 e. The smallest absolute Gasteiger partial charge is 0.174 e. The van der Waals surface area contributed by atoms with Crippen molar-refractivity contribution in [1.82, 2.24) is 4.90 Å². The SMILES string of the molecule is Cc1cccc([C@@]2(C3CCN(Cc4ccccc4C)CC3)Cc3ccccc3C2=O)c1. The summed E-state index contributed by atoms with van der Waals surface area (Å²) in [6.45, 7) is 7.44. The van der Waals surface area contributed by atoms with Crippen LogP contribution in [0.4, 0.5) is 0 Å². The number of piperidine rings is 1. The highest BCUT2D eigenvalue weighted by Crippen LogP contribution is 2.48. The Labute approximate surface area is 185 Å². The van der Waals surface area contributed by atoms with Crippen molar-refractivity contribution in [2.75, 3.05) is 13.1 Å². The van der Waals surface area contributed by atoms with Crippen LogP contribution in [-0.2, 0) is 18.4 Å². The Balaban J connectivity index is 1.43. The van der Waals surface area contributed by atoms with Crippen LogP contribution >= 0.6 is 0 Å². The van der Waals surface area contributed by atoms with E-state index >= 15 is 0 Å². The highest BCUT2D eigenvalue weighted by atomic mass is 16.1. The Kier molecular flexibility index (Phi) is 5.27. The second-order valence-corrected chi connectivity index (χ2v) is 9.48. The largest absolute Gasteiger partial charge is 0.299 e. The monoisotopic (exact) mass is 409 g/mol. The normalized spacial score (nSPS) is 21.9. The molecule has 5 rings (SSSR count). The van der Waals surface area contributed by atoms with Crippen molar-refractivity contribution in [3.05, 3.63) is 106 Å². The zero-order valence-electron chi connectivity index (χ0n) is 18.6. The first-order valence-electron chi connectivity index (χ1n) is 11.5. The maximum Gasteiger partial charge on any atom is 0.174 e. The van der Waals surface area contributed by atoms with E-state index in [0.29, 0.717) is 11.7 Å². The second kappa shape index (κ2) is 8.09. The van der Waals surface area contributed by atoms with Crippen LogP contribution < -0.4 is 0 Å². The van der Waals surface area contributed by atoms with Gasteiger partial charge in [0, 0.05) is 12.1 Å². The van der Waals surface area contributed by atoms with E-state index in [1.165, 1.54) is 27.8 Å². The number of carbonyl (C=O) groups excluding carboxylic acids is 1. The zero-order valence-corrected chi connectivity index (χ0v) is 18.6. The highest BCUT2D eigenvalue weighted by molar-refractivity contribution is 6.08. The first kappa shape index (κ1) is 20.2. The molecule has 1 aliphatic carbocycles. The minimum atomic E-state index is -0.412. The third kappa shape index (κ3) is 3.53. The minimum absolute atomic E-state index is 0.339. The molecule has 0 saturated carbocycles. The molecule has 31 heavy (non-hydrogen) atoms. The van der Waals surface area contributed by atoms with Crippen molar-refractivity contribution in [3.8, 4) is 0 Å². The lowest BCUT2D eigenvalue weighted by Crippen LogP contribution is -2.47. The lowest BCUT2D eigenvalue weighted by molar-refractivity contribution is 0.0735. The number of rotatable bonds is 4. The van der Waals surface area contributed by atoms with Gasteiger partial charge in [-0.2, -0.15) is 0 Å². The molecule has 2 aliphatic rings. The van der Waals surface area contributed by atoms with Crippen LogP contribution in [0.5, 0.6) is 0 Å². The van der Waals surface area contributed by atoms with Gasteiger partial charge in [-0.3, -0.25) is 9.69 Å². The van der Waals surface area contributed by atoms with Crippen LogP contribution in [0.2, 0.25) is 0 Å². The number of benzene rings is 3. The van der Waals surface area contributed by atoms with Crippen LogP contribution in [0.25, 0.3) is 0 Å². The van der Waals surface area contributed by atoms with Gasteiger partial charge in [0.25, 0.3) is 0 Å². The molecule has 1 saturated heterocycles. The maximum atomic E-state index is 13.9. The lowest BCUT2D eigenvalue weighted by Gasteiger charge is -2.42. The van der Waals surface area contributed by atoms with Crippen molar-refractivity contribution >= 4 is 5.78 Å². The van der Waals surface area contributed by atoms with E-state index in [0.717, 1.165) is 44.5 Å². The van der Waals surface area contributed by atoms with Crippen LogP contribution in [-0.4, -0.2) is 23.8 Å². The summed E-state index contributed by atoms with van der Waals surface area (Å²) in [5.74, 6) is 0.716. The molecule has 0 spiro atoms. The number of likely N-dealkylation sites (tertiary alicyclic amines) is 1. The highest BCUT2D eigenvalue weighted by Gasteiger charge is 2.52. The number of nitrogens with zero attached hydrogens (tertiary/aromatic N) is 1. The van der Waals surface area contributed by atoms with Gasteiger partial charge in [-0.15, -0.1) is 0 Å². The summed E-state index contributed by atoms with van der Waals surface area (Å²) in [4.78, 5) is 16.5. The summed E-state index contributed by atoms with van der Waals surface area (Å²) in [6.07, 6.45) is 2.98. The van der Waals surface area contributed by atoms with E-state index in [1.54, 1.807) is 0 Å². The predicted molar refractivity (Wildman–Crippen MR) is 127 cm³/mol. The lowest BCUT2D eigenvalue weighted by atomic mass is 9.64. The fourth-order valence-corrected chi connectivity index (χ4v) is 5.85. The van der Waals surface area contributed by atoms with E-state index < -0.39 is 5.41 Å². The molecule has 2 heteroatoms. The number of fused-ring (bicyclic) bond motifs is 1. The first-order chi connectivity index (χ1) is 15.1. The van der Waals surface area contributed by atoms with E-state index in [-0.39, 0.29) is 0 Å². The third-order valence-corrected chi connectivity index (χ3v) is 7.61. The maximum absolute atomic E-state index is 13.9. The molecule has 0 bridgehead atoms. The van der Waals surface area contributed by atoms with Crippen LogP contribution in [0.1, 0.15) is 51.0 Å². The number of ketones is 1. The Morgan fingerprint density at radius 1 is 0.903 bits per heavy atom. The van der Waals surface area contributed by atoms with Gasteiger partial charge in [0.1, 0.15) is 0 Å². The van der Waals surface area contributed by atoms with Crippen molar-refractivity contribution in [2.45, 2.75) is 45.1 Å². The Hall–Kier alpha value is -2.71. The van der Waals surface area contributed by atoms with Gasteiger partial charge in [-0.1, -0.05) is 78.4 Å². The van der Waals surface area contributed by atoms with Crippen molar-refractivity contribution < 1.29 is 4.79 Å². The summed E-state index contributed by atoms with van der Waals surface area (Å²) in [5, 5.41) is 0. The summed E-state index contributed by atoms with van der Waals surface area (Å²) < 4.78 is 0. The number of Topliss-reactive ketones (excluding diaryl/α,β-unsaturated/α-hetero) is 1. The van der Waals surface area contributed by atoms with Gasteiger partial charge in [-0.25, -0.2) is 0 Å². The second-order valence-electron chi connectivity index (χ2n) is 9.48. The molecule has 158 valence electrons. The number of hydrogen-bond acceptors (Lipinski definition) is 2. The van der Waals surface area contributed by atoms with Crippen LogP contribution in [0.3, 0.4) is 0 Å². The van der Waals surface area contributed by atoms with Crippen molar-refractivity contribution in [1.29, 1.82) is 0 Å². The van der Waals surface area contributed by atoms with E-state index in [4.69, 9.17) is 0 Å². The Bertz CT molecular complexity index is 1110. The standard InChI is InChI=1S/C29H31NO/c1-21-8-7-12-26(18-21)29(19-23-10-5-6-13-27(23)28(29)31)25-14-16-30(17-15-25)20-24-11-4-3-9-22(24)2/h3-13,18,25H,14-17,19-20H2,1-2H3/t29-/m0/s1. The summed E-state index contributed by atoms with van der Waals surface area (Å²) in [5.41, 5.74) is 6.97. The molecule has 1 atom stereocenters. The average Bonchev–Trinajstić information content (AvgIpc) is 3.09. The quantitative estimate of drug-likeness (QED) is 0.535. The molecule has 0 N–H and O–H groups in total. The molecule has 2 nitrogen and oxygen atoms in total. The van der Waals surface area contributed by atoms with Crippen LogP contribution in [0, 0.1) is 19.8 Å². The molecule has 0 amide bonds. The molecule has 0 unspecified atom stereocenters. The van der Waals surface area contributed by atoms with E-state index in [9.17, 15) is 4.79 Å². The van der Waals surface area contributed by atoms with Crippen LogP contribution in [0.15, 0.2) is 72.8 Å². The summed E-state index contributed by atoms with van der Waals surface area (Å²) in [7, 11) is 0. The molecule has 0 radical (unpaired) electrons. The average molecular weight is 410 g/mol. The Morgan fingerprint density at radius 3 is 2.39 bits per heavy atom. The van der Waals surface area contributed by atoms with Crippen molar-refractivity contribution in [3.63, 3.8) is 0 Å². The molecule has 3 aromatic carbocycles. The Morgan fingerprint density at radius 2 is 1.65 bits per heavy atom. The number of aryl methyl sites for hydroxylation is 2. The first-order valence-corrected chi connectivity index (χ1v) is 11.5. The topological polar surface area (TPSA) is 20.3 Å².